The first-order valence-corrected chi connectivity index (χ1v) is 2.26. The van der Waals surface area contributed by atoms with Crippen molar-refractivity contribution in [1.29, 1.82) is 0 Å². The Balaban J connectivity index is 2.22. The van der Waals surface area contributed by atoms with Crippen LogP contribution in [0.2, 0.25) is 0 Å². The van der Waals surface area contributed by atoms with Gasteiger partial charge in [0, 0.05) is 6.20 Å². The predicted molar refractivity (Wildman–Crippen MR) is 25.4 cm³/mol. The maximum Gasteiger partial charge on any atom is 0.354 e. The number of rotatable bonds is 0. The third kappa shape index (κ3) is 0.318. The van der Waals surface area contributed by atoms with Gasteiger partial charge in [-0.25, -0.2) is 0 Å². The Bertz CT molecular complexity index is 138. The average molecular weight is 112 g/mol. The summed E-state index contributed by atoms with van der Waals surface area (Å²) in [5.74, 6) is 0. The summed E-state index contributed by atoms with van der Waals surface area (Å²) in [5, 5.41) is 3.49. The summed E-state index contributed by atoms with van der Waals surface area (Å²) in [7, 11) is 0. The molecule has 0 amide bonds. The van der Waals surface area contributed by atoms with E-state index in [1.807, 2.05) is 0 Å². The quantitative estimate of drug-likeness (QED) is 0.444. The molecular formula is C4H4N2O2. The van der Waals surface area contributed by atoms with Gasteiger partial charge in [0.15, 0.2) is 0 Å². The SMILES string of the molecule is C1=CN2C=NOC2O1. The zero-order valence-corrected chi connectivity index (χ0v) is 4.02. The first-order valence-electron chi connectivity index (χ1n) is 2.26. The highest BCUT2D eigenvalue weighted by Gasteiger charge is 2.24. The van der Waals surface area contributed by atoms with Crippen molar-refractivity contribution < 1.29 is 9.57 Å². The summed E-state index contributed by atoms with van der Waals surface area (Å²) in [4.78, 5) is 6.41. The van der Waals surface area contributed by atoms with Crippen molar-refractivity contribution in [2.75, 3.05) is 0 Å². The summed E-state index contributed by atoms with van der Waals surface area (Å²) in [6, 6.07) is 0. The van der Waals surface area contributed by atoms with Crippen LogP contribution in [0.4, 0.5) is 0 Å². The second kappa shape index (κ2) is 1.15. The highest BCUT2D eigenvalue weighted by Crippen LogP contribution is 2.14. The lowest BCUT2D eigenvalue weighted by atomic mass is 10.8. The summed E-state index contributed by atoms with van der Waals surface area (Å²) < 4.78 is 4.88. The van der Waals surface area contributed by atoms with E-state index in [1.54, 1.807) is 23.7 Å². The average Bonchev–Trinajstić information content (AvgIpc) is 2.15. The first kappa shape index (κ1) is 3.77. The molecule has 0 fully saturated rings. The molecule has 0 aromatic heterocycles. The second-order valence-electron chi connectivity index (χ2n) is 1.50. The monoisotopic (exact) mass is 112 g/mol. The molecule has 4 heteroatoms. The number of nitrogens with zero attached hydrogens (tertiary/aromatic N) is 2. The molecule has 2 rings (SSSR count). The normalized spacial score (nSPS) is 30.0. The van der Waals surface area contributed by atoms with Gasteiger partial charge in [-0.3, -0.25) is 4.90 Å². The molecule has 8 heavy (non-hydrogen) atoms. The van der Waals surface area contributed by atoms with E-state index < -0.39 is 0 Å². The molecule has 1 unspecified atom stereocenters. The third-order valence-electron chi connectivity index (χ3n) is 1.00. The summed E-state index contributed by atoms with van der Waals surface area (Å²) in [5.41, 5.74) is 0. The summed E-state index contributed by atoms with van der Waals surface area (Å²) in [6.07, 6.45) is 4.56. The minimum absolute atomic E-state index is 0.324. The highest BCUT2D eigenvalue weighted by atomic mass is 16.8. The Kier molecular flexibility index (Phi) is 0.542. The van der Waals surface area contributed by atoms with E-state index in [1.165, 1.54) is 0 Å². The van der Waals surface area contributed by atoms with E-state index in [9.17, 15) is 0 Å². The Morgan fingerprint density at radius 1 is 1.62 bits per heavy atom. The number of ether oxygens (including phenoxy) is 1. The molecule has 0 aromatic carbocycles. The van der Waals surface area contributed by atoms with E-state index in [2.05, 4.69) is 9.99 Å². The molecule has 0 N–H and O–H groups in total. The molecular weight excluding hydrogens is 108 g/mol. The van der Waals surface area contributed by atoms with Crippen LogP contribution in [0.5, 0.6) is 0 Å². The number of hydrogen-bond acceptors (Lipinski definition) is 4. The fourth-order valence-electron chi connectivity index (χ4n) is 0.619. The lowest BCUT2D eigenvalue weighted by molar-refractivity contribution is -0.121. The molecule has 2 aliphatic rings. The Labute approximate surface area is 46.0 Å². The maximum absolute atomic E-state index is 4.88. The van der Waals surface area contributed by atoms with Gasteiger partial charge in [0.05, 0.1) is 0 Å². The van der Waals surface area contributed by atoms with Gasteiger partial charge in [0.2, 0.25) is 0 Å². The molecule has 0 aromatic rings. The van der Waals surface area contributed by atoms with Gasteiger partial charge in [-0.1, -0.05) is 5.16 Å². The molecule has 2 aliphatic heterocycles. The van der Waals surface area contributed by atoms with Crippen molar-refractivity contribution >= 4 is 6.34 Å². The van der Waals surface area contributed by atoms with Crippen molar-refractivity contribution in [3.05, 3.63) is 12.5 Å². The second-order valence-corrected chi connectivity index (χ2v) is 1.50. The van der Waals surface area contributed by atoms with Crippen LogP contribution in [0.25, 0.3) is 0 Å². The van der Waals surface area contributed by atoms with Crippen molar-refractivity contribution in [1.82, 2.24) is 4.90 Å². The van der Waals surface area contributed by atoms with Gasteiger partial charge < -0.3 is 9.57 Å². The van der Waals surface area contributed by atoms with Crippen LogP contribution in [0.1, 0.15) is 0 Å². The Morgan fingerprint density at radius 2 is 2.62 bits per heavy atom. The fraction of sp³-hybridized carbons (Fsp3) is 0.250. The van der Waals surface area contributed by atoms with E-state index in [0.717, 1.165) is 0 Å². The molecule has 0 saturated carbocycles. The maximum atomic E-state index is 4.88. The van der Waals surface area contributed by atoms with E-state index >= 15 is 0 Å². The molecule has 0 radical (unpaired) electrons. The standard InChI is InChI=1S/C4H4N2O2/c1-2-7-4-6(1)3-5-8-4/h1-4H. The highest BCUT2D eigenvalue weighted by molar-refractivity contribution is 5.57. The third-order valence-corrected chi connectivity index (χ3v) is 1.00. The van der Waals surface area contributed by atoms with Gasteiger partial charge in [-0.2, -0.15) is 0 Å². The van der Waals surface area contributed by atoms with E-state index in [0.29, 0.717) is 0 Å². The lowest BCUT2D eigenvalue weighted by Crippen LogP contribution is -2.21. The lowest BCUT2D eigenvalue weighted by Gasteiger charge is -2.07. The van der Waals surface area contributed by atoms with Crippen LogP contribution in [-0.2, 0) is 9.57 Å². The number of oxime groups is 1. The molecule has 0 bridgehead atoms. The zero-order chi connectivity index (χ0) is 5.40. The smallest absolute Gasteiger partial charge is 0.354 e. The van der Waals surface area contributed by atoms with Crippen LogP contribution < -0.4 is 0 Å². The van der Waals surface area contributed by atoms with Gasteiger partial charge in [0.1, 0.15) is 12.6 Å². The molecule has 0 aliphatic carbocycles. The van der Waals surface area contributed by atoms with Gasteiger partial charge in [-0.15, -0.1) is 0 Å². The minimum atomic E-state index is -0.324. The molecule has 2 heterocycles. The number of hydrogen-bond donors (Lipinski definition) is 0. The summed E-state index contributed by atoms with van der Waals surface area (Å²) in [6.45, 7) is 0. The predicted octanol–water partition coefficient (Wildman–Crippen LogP) is 0.0469. The van der Waals surface area contributed by atoms with E-state index in [4.69, 9.17) is 4.74 Å². The minimum Gasteiger partial charge on any atom is -0.442 e. The van der Waals surface area contributed by atoms with Crippen molar-refractivity contribution in [2.24, 2.45) is 5.16 Å². The molecule has 42 valence electrons. The molecule has 0 spiro atoms. The van der Waals surface area contributed by atoms with Crippen LogP contribution in [-0.4, -0.2) is 17.7 Å². The number of fused-ring (bicyclic) bond motifs is 1. The largest absolute Gasteiger partial charge is 0.442 e. The molecule has 0 saturated heterocycles. The van der Waals surface area contributed by atoms with Gasteiger partial charge >= 0.3 is 6.41 Å². The Morgan fingerprint density at radius 3 is 3.50 bits per heavy atom. The van der Waals surface area contributed by atoms with E-state index in [-0.39, 0.29) is 6.41 Å². The topological polar surface area (TPSA) is 34.1 Å². The van der Waals surface area contributed by atoms with Crippen molar-refractivity contribution in [3.8, 4) is 0 Å². The Hall–Kier alpha value is -1.19. The van der Waals surface area contributed by atoms with Crippen molar-refractivity contribution in [3.63, 3.8) is 0 Å². The van der Waals surface area contributed by atoms with Crippen molar-refractivity contribution in [2.45, 2.75) is 6.41 Å². The van der Waals surface area contributed by atoms with Crippen LogP contribution in [0, 0.1) is 0 Å². The summed E-state index contributed by atoms with van der Waals surface area (Å²) >= 11 is 0. The van der Waals surface area contributed by atoms with Crippen LogP contribution in [0.3, 0.4) is 0 Å². The van der Waals surface area contributed by atoms with Crippen LogP contribution >= 0.6 is 0 Å². The molecule has 1 atom stereocenters. The van der Waals surface area contributed by atoms with Gasteiger partial charge in [-0.05, 0) is 0 Å². The fourth-order valence-corrected chi connectivity index (χ4v) is 0.619. The molecule has 4 nitrogen and oxygen atoms in total. The zero-order valence-electron chi connectivity index (χ0n) is 4.02. The van der Waals surface area contributed by atoms with Gasteiger partial charge in [0.25, 0.3) is 0 Å². The first-order chi connectivity index (χ1) is 3.97. The van der Waals surface area contributed by atoms with Crippen LogP contribution in [0.15, 0.2) is 17.6 Å².